The third kappa shape index (κ3) is 1.72. The zero-order chi connectivity index (χ0) is 11.0. The first-order valence-corrected chi connectivity index (χ1v) is 5.48. The molecule has 0 spiro atoms. The average Bonchev–Trinajstić information content (AvgIpc) is 3.10. The van der Waals surface area contributed by atoms with Crippen molar-refractivity contribution in [1.82, 2.24) is 4.98 Å². The van der Waals surface area contributed by atoms with E-state index >= 15 is 0 Å². The summed E-state index contributed by atoms with van der Waals surface area (Å²) in [6.07, 6.45) is 0. The highest BCUT2D eigenvalue weighted by molar-refractivity contribution is 6.29. The molecule has 3 heteroatoms. The van der Waals surface area contributed by atoms with Gasteiger partial charge in [0.25, 0.3) is 0 Å². The van der Waals surface area contributed by atoms with Gasteiger partial charge in [-0.1, -0.05) is 48.0 Å². The minimum atomic E-state index is 0.0982. The van der Waals surface area contributed by atoms with Crippen LogP contribution in [0.1, 0.15) is 17.3 Å². The van der Waals surface area contributed by atoms with Crippen molar-refractivity contribution in [2.45, 2.75) is 6.04 Å². The third-order valence-electron chi connectivity index (χ3n) is 2.55. The molecule has 0 amide bonds. The highest BCUT2D eigenvalue weighted by atomic mass is 35.5. The second-order valence-electron chi connectivity index (χ2n) is 3.67. The zero-order valence-electron chi connectivity index (χ0n) is 8.47. The first-order chi connectivity index (χ1) is 7.84. The van der Waals surface area contributed by atoms with E-state index in [1.807, 2.05) is 30.3 Å². The normalized spacial score (nSPS) is 18.1. The predicted octanol–water partition coefficient (Wildman–Crippen LogP) is 3.28. The minimum absolute atomic E-state index is 0.0982. The van der Waals surface area contributed by atoms with Gasteiger partial charge in [-0.15, -0.1) is 0 Å². The molecule has 16 heavy (non-hydrogen) atoms. The third-order valence-corrected chi connectivity index (χ3v) is 2.76. The Morgan fingerprint density at radius 3 is 2.50 bits per heavy atom. The minimum Gasteiger partial charge on any atom is -0.270 e. The van der Waals surface area contributed by atoms with E-state index in [9.17, 15) is 0 Å². The van der Waals surface area contributed by atoms with Gasteiger partial charge in [-0.25, -0.2) is 4.98 Å². The molecule has 0 bridgehead atoms. The van der Waals surface area contributed by atoms with Gasteiger partial charge in [0.1, 0.15) is 11.2 Å². The highest BCUT2D eigenvalue weighted by Crippen LogP contribution is 2.34. The van der Waals surface area contributed by atoms with Crippen LogP contribution in [0.3, 0.4) is 0 Å². The maximum absolute atomic E-state index is 5.85. The Morgan fingerprint density at radius 1 is 0.938 bits per heavy atom. The summed E-state index contributed by atoms with van der Waals surface area (Å²) in [6.45, 7) is 0. The molecule has 1 aliphatic heterocycles. The van der Waals surface area contributed by atoms with Gasteiger partial charge in [0.05, 0.1) is 11.4 Å². The first-order valence-electron chi connectivity index (χ1n) is 5.10. The summed E-state index contributed by atoms with van der Waals surface area (Å²) < 4.78 is 0. The molecule has 2 aromatic rings. The number of hydrogen-bond donors (Lipinski definition) is 0. The molecule has 3 rings (SSSR count). The molecule has 2 heterocycles. The zero-order valence-corrected chi connectivity index (χ0v) is 9.22. The number of pyridine rings is 1. The van der Waals surface area contributed by atoms with Crippen LogP contribution in [-0.4, -0.2) is 10.7 Å². The van der Waals surface area contributed by atoms with Crippen LogP contribution in [0.2, 0.25) is 5.15 Å². The molecule has 2 nitrogen and oxygen atoms in total. The van der Waals surface area contributed by atoms with Crippen molar-refractivity contribution >= 4 is 17.3 Å². The number of aromatic nitrogens is 1. The van der Waals surface area contributed by atoms with Crippen molar-refractivity contribution in [1.29, 1.82) is 0 Å². The molecule has 0 saturated heterocycles. The molecule has 0 radical (unpaired) electrons. The van der Waals surface area contributed by atoms with E-state index in [4.69, 9.17) is 11.6 Å². The van der Waals surface area contributed by atoms with Crippen LogP contribution in [0.15, 0.2) is 53.5 Å². The lowest BCUT2D eigenvalue weighted by Gasteiger charge is -1.98. The van der Waals surface area contributed by atoms with Crippen molar-refractivity contribution < 1.29 is 0 Å². The van der Waals surface area contributed by atoms with Gasteiger partial charge >= 0.3 is 0 Å². The molecular weight excluding hydrogens is 220 g/mol. The summed E-state index contributed by atoms with van der Waals surface area (Å²) in [4.78, 5) is 8.69. The van der Waals surface area contributed by atoms with Gasteiger partial charge in [-0.2, -0.15) is 0 Å². The summed E-state index contributed by atoms with van der Waals surface area (Å²) in [7, 11) is 0. The molecule has 0 saturated carbocycles. The van der Waals surface area contributed by atoms with Gasteiger partial charge in [0.15, 0.2) is 0 Å². The fraction of sp³-hybridized carbons (Fsp3) is 0.0769. The standard InChI is InChI=1S/C13H9ClN2/c14-11-8-4-7-10(15-11)13-12(16-13)9-5-2-1-3-6-9/h1-8,13H. The number of nitrogens with zero attached hydrogens (tertiary/aromatic N) is 2. The van der Waals surface area contributed by atoms with Crippen molar-refractivity contribution in [3.8, 4) is 0 Å². The Bertz CT molecular complexity index is 549. The van der Waals surface area contributed by atoms with Crippen molar-refractivity contribution in [3.63, 3.8) is 0 Å². The van der Waals surface area contributed by atoms with E-state index in [-0.39, 0.29) is 6.04 Å². The average molecular weight is 229 g/mol. The van der Waals surface area contributed by atoms with Crippen LogP contribution in [0.25, 0.3) is 0 Å². The Balaban J connectivity index is 1.84. The molecule has 1 aromatic carbocycles. The quantitative estimate of drug-likeness (QED) is 0.725. The van der Waals surface area contributed by atoms with Gasteiger partial charge in [-0.05, 0) is 17.7 Å². The monoisotopic (exact) mass is 228 g/mol. The first kappa shape index (κ1) is 9.55. The summed E-state index contributed by atoms with van der Waals surface area (Å²) in [6, 6.07) is 15.9. The molecule has 0 N–H and O–H groups in total. The summed E-state index contributed by atoms with van der Waals surface area (Å²) in [5, 5.41) is 0.520. The fourth-order valence-electron chi connectivity index (χ4n) is 1.73. The van der Waals surface area contributed by atoms with Crippen LogP contribution < -0.4 is 0 Å². The molecule has 0 aliphatic carbocycles. The Kier molecular flexibility index (Phi) is 2.22. The number of benzene rings is 1. The molecule has 1 aliphatic rings. The maximum Gasteiger partial charge on any atom is 0.134 e. The lowest BCUT2D eigenvalue weighted by molar-refractivity contribution is 1.03. The van der Waals surface area contributed by atoms with E-state index < -0.39 is 0 Å². The van der Waals surface area contributed by atoms with Crippen LogP contribution >= 0.6 is 11.6 Å². The van der Waals surface area contributed by atoms with E-state index in [2.05, 4.69) is 22.1 Å². The fourth-order valence-corrected chi connectivity index (χ4v) is 1.90. The Hall–Kier alpha value is -1.67. The maximum atomic E-state index is 5.85. The lowest BCUT2D eigenvalue weighted by Crippen LogP contribution is -1.95. The smallest absolute Gasteiger partial charge is 0.134 e. The van der Waals surface area contributed by atoms with Gasteiger partial charge in [0.2, 0.25) is 0 Å². The van der Waals surface area contributed by atoms with Crippen molar-refractivity contribution in [2.75, 3.05) is 0 Å². The van der Waals surface area contributed by atoms with Crippen molar-refractivity contribution in [2.24, 2.45) is 4.99 Å². The highest BCUT2D eigenvalue weighted by Gasteiger charge is 2.31. The lowest BCUT2D eigenvalue weighted by atomic mass is 10.1. The summed E-state index contributed by atoms with van der Waals surface area (Å²) >= 11 is 5.85. The number of rotatable bonds is 2. The van der Waals surface area contributed by atoms with Gasteiger partial charge in [0, 0.05) is 0 Å². The van der Waals surface area contributed by atoms with Crippen molar-refractivity contribution in [3.05, 3.63) is 64.9 Å². The molecule has 78 valence electrons. The summed E-state index contributed by atoms with van der Waals surface area (Å²) in [5.74, 6) is 0. The Labute approximate surface area is 98.6 Å². The van der Waals surface area contributed by atoms with Crippen LogP contribution in [0.4, 0.5) is 0 Å². The summed E-state index contributed by atoms with van der Waals surface area (Å²) in [5.41, 5.74) is 3.18. The molecular formula is C13H9ClN2. The number of hydrogen-bond acceptors (Lipinski definition) is 2. The van der Waals surface area contributed by atoms with E-state index in [1.54, 1.807) is 6.07 Å². The number of aliphatic imine (C=N–C) groups is 1. The topological polar surface area (TPSA) is 25.2 Å². The predicted molar refractivity (Wildman–Crippen MR) is 65.0 cm³/mol. The second kappa shape index (κ2) is 3.72. The van der Waals surface area contributed by atoms with E-state index in [0.29, 0.717) is 5.15 Å². The Morgan fingerprint density at radius 2 is 1.75 bits per heavy atom. The molecule has 1 aromatic heterocycles. The van der Waals surface area contributed by atoms with Crippen LogP contribution in [0.5, 0.6) is 0 Å². The molecule has 1 unspecified atom stereocenters. The van der Waals surface area contributed by atoms with Crippen LogP contribution in [-0.2, 0) is 0 Å². The van der Waals surface area contributed by atoms with E-state index in [1.165, 1.54) is 0 Å². The van der Waals surface area contributed by atoms with Gasteiger partial charge in [-0.3, -0.25) is 4.99 Å². The molecule has 1 atom stereocenters. The second-order valence-corrected chi connectivity index (χ2v) is 4.06. The SMILES string of the molecule is Clc1cccc(C2N=C2c2ccccc2)n1. The van der Waals surface area contributed by atoms with E-state index in [0.717, 1.165) is 17.0 Å². The number of halogens is 1. The van der Waals surface area contributed by atoms with Crippen LogP contribution in [0, 0.1) is 0 Å². The largest absolute Gasteiger partial charge is 0.270 e. The molecule has 0 fully saturated rings. The van der Waals surface area contributed by atoms with Gasteiger partial charge < -0.3 is 0 Å².